The highest BCUT2D eigenvalue weighted by atomic mass is 35.5. The summed E-state index contributed by atoms with van der Waals surface area (Å²) in [5.74, 6) is -4.36. The first-order valence-electron chi connectivity index (χ1n) is 3.53. The largest absolute Gasteiger partial charge is 0.322 e. The van der Waals surface area contributed by atoms with Gasteiger partial charge in [0.25, 0.3) is 0 Å². The van der Waals surface area contributed by atoms with E-state index < -0.39 is 30.2 Å². The molecule has 1 rings (SSSR count). The highest BCUT2D eigenvalue weighted by molar-refractivity contribution is 5.85. The number of halogens is 5. The Morgan fingerprint density at radius 2 is 1.71 bits per heavy atom. The fourth-order valence-corrected chi connectivity index (χ4v) is 0.910. The van der Waals surface area contributed by atoms with E-state index in [9.17, 15) is 17.6 Å². The monoisotopic (exact) mass is 229 g/mol. The normalized spacial score (nSPS) is 12.1. The zero-order valence-corrected chi connectivity index (χ0v) is 7.75. The third kappa shape index (κ3) is 2.36. The van der Waals surface area contributed by atoms with Crippen molar-refractivity contribution in [2.75, 3.05) is 6.67 Å². The van der Waals surface area contributed by atoms with Gasteiger partial charge in [0.1, 0.15) is 6.67 Å². The summed E-state index contributed by atoms with van der Waals surface area (Å²) in [4.78, 5) is 0. The molecule has 0 bridgehead atoms. The first kappa shape index (κ1) is 13.2. The Hall–Kier alpha value is -0.810. The first-order chi connectivity index (χ1) is 6.07. The molecule has 1 aromatic carbocycles. The van der Waals surface area contributed by atoms with Gasteiger partial charge in [0.2, 0.25) is 0 Å². The lowest BCUT2D eigenvalue weighted by Gasteiger charge is -2.08. The molecule has 1 aromatic rings. The van der Waals surface area contributed by atoms with Crippen LogP contribution in [-0.2, 0) is 0 Å². The molecular weight excluding hydrogens is 222 g/mol. The molecule has 0 unspecified atom stereocenters. The number of nitrogens with two attached hydrogens (primary N) is 1. The minimum atomic E-state index is -1.62. The molecule has 0 aliphatic carbocycles. The molecular formula is C8H8ClF4N. The fraction of sp³-hybridized carbons (Fsp3) is 0.250. The van der Waals surface area contributed by atoms with Crippen LogP contribution < -0.4 is 5.73 Å². The molecule has 14 heavy (non-hydrogen) atoms. The highest BCUT2D eigenvalue weighted by Crippen LogP contribution is 2.19. The zero-order chi connectivity index (χ0) is 10.0. The zero-order valence-electron chi connectivity index (χ0n) is 6.94. The molecule has 0 saturated heterocycles. The van der Waals surface area contributed by atoms with Crippen molar-refractivity contribution in [1.29, 1.82) is 0 Å². The van der Waals surface area contributed by atoms with Crippen molar-refractivity contribution in [3.05, 3.63) is 35.1 Å². The average molecular weight is 230 g/mol. The van der Waals surface area contributed by atoms with Crippen LogP contribution in [0.4, 0.5) is 17.6 Å². The van der Waals surface area contributed by atoms with Crippen LogP contribution in [0, 0.1) is 17.5 Å². The van der Waals surface area contributed by atoms with Crippen LogP contribution in [0.2, 0.25) is 0 Å². The smallest absolute Gasteiger partial charge is 0.194 e. The lowest BCUT2D eigenvalue weighted by molar-refractivity contribution is 0.403. The summed E-state index contributed by atoms with van der Waals surface area (Å²) in [5, 5.41) is 0. The predicted octanol–water partition coefficient (Wildman–Crippen LogP) is 2.50. The van der Waals surface area contributed by atoms with E-state index >= 15 is 0 Å². The maximum absolute atomic E-state index is 12.8. The van der Waals surface area contributed by atoms with Crippen molar-refractivity contribution < 1.29 is 17.6 Å². The first-order valence-corrected chi connectivity index (χ1v) is 3.53. The van der Waals surface area contributed by atoms with Crippen molar-refractivity contribution in [1.82, 2.24) is 0 Å². The molecule has 0 aliphatic rings. The van der Waals surface area contributed by atoms with Gasteiger partial charge in [-0.3, -0.25) is 0 Å². The second-order valence-electron chi connectivity index (χ2n) is 2.53. The summed E-state index contributed by atoms with van der Waals surface area (Å²) >= 11 is 0. The quantitative estimate of drug-likeness (QED) is 0.612. The minimum absolute atomic E-state index is 0. The van der Waals surface area contributed by atoms with Gasteiger partial charge in [0, 0.05) is 5.56 Å². The molecule has 6 heteroatoms. The van der Waals surface area contributed by atoms with E-state index in [2.05, 4.69) is 0 Å². The Labute approximate surface area is 84.3 Å². The van der Waals surface area contributed by atoms with Crippen LogP contribution in [0.15, 0.2) is 12.1 Å². The Kier molecular flexibility index (Phi) is 4.87. The Balaban J connectivity index is 0.00000169. The second kappa shape index (κ2) is 5.17. The van der Waals surface area contributed by atoms with Crippen LogP contribution in [-0.4, -0.2) is 6.67 Å². The second-order valence-corrected chi connectivity index (χ2v) is 2.53. The van der Waals surface area contributed by atoms with E-state index in [-0.39, 0.29) is 18.0 Å². The number of rotatable bonds is 2. The van der Waals surface area contributed by atoms with Gasteiger partial charge in [-0.05, 0) is 6.07 Å². The average Bonchev–Trinajstić information content (AvgIpc) is 2.13. The summed E-state index contributed by atoms with van der Waals surface area (Å²) in [6.07, 6.45) is 0. The van der Waals surface area contributed by atoms with Gasteiger partial charge in [0.05, 0.1) is 6.04 Å². The molecule has 0 aromatic heterocycles. The third-order valence-electron chi connectivity index (χ3n) is 1.63. The highest BCUT2D eigenvalue weighted by Gasteiger charge is 2.17. The molecule has 1 atom stereocenters. The Morgan fingerprint density at radius 3 is 2.21 bits per heavy atom. The topological polar surface area (TPSA) is 26.0 Å². The summed E-state index contributed by atoms with van der Waals surface area (Å²) in [7, 11) is 0. The van der Waals surface area contributed by atoms with Crippen LogP contribution in [0.5, 0.6) is 0 Å². The van der Waals surface area contributed by atoms with Crippen molar-refractivity contribution >= 4 is 12.4 Å². The van der Waals surface area contributed by atoms with Gasteiger partial charge in [-0.15, -0.1) is 12.4 Å². The molecule has 80 valence electrons. The lowest BCUT2D eigenvalue weighted by Crippen LogP contribution is -2.15. The van der Waals surface area contributed by atoms with Crippen molar-refractivity contribution in [2.45, 2.75) is 6.04 Å². The summed E-state index contributed by atoms with van der Waals surface area (Å²) in [6.45, 7) is -1.03. The van der Waals surface area contributed by atoms with Crippen LogP contribution in [0.3, 0.4) is 0 Å². The summed E-state index contributed by atoms with van der Waals surface area (Å²) in [6, 6.07) is 0.386. The van der Waals surface area contributed by atoms with E-state index in [1.165, 1.54) is 0 Å². The summed E-state index contributed by atoms with van der Waals surface area (Å²) in [5.41, 5.74) is 4.75. The SMILES string of the molecule is Cl.N[C@@H](CF)c1ccc(F)c(F)c1F. The van der Waals surface area contributed by atoms with E-state index in [0.29, 0.717) is 6.07 Å². The molecule has 0 radical (unpaired) electrons. The van der Waals surface area contributed by atoms with E-state index in [1.54, 1.807) is 0 Å². The molecule has 0 heterocycles. The standard InChI is InChI=1S/C8H7F4N.ClH/c9-3-6(13)4-1-2-5(10)8(12)7(4)11;/h1-2,6H,3,13H2;1H/t6-;/m0./s1. The fourth-order valence-electron chi connectivity index (χ4n) is 0.910. The molecule has 0 aliphatic heterocycles. The number of benzene rings is 1. The molecule has 1 nitrogen and oxygen atoms in total. The number of hydrogen-bond donors (Lipinski definition) is 1. The van der Waals surface area contributed by atoms with Gasteiger partial charge < -0.3 is 5.73 Å². The van der Waals surface area contributed by atoms with E-state index in [1.807, 2.05) is 0 Å². The van der Waals surface area contributed by atoms with E-state index in [0.717, 1.165) is 6.07 Å². The van der Waals surface area contributed by atoms with Crippen LogP contribution in [0.1, 0.15) is 11.6 Å². The molecule has 0 fully saturated rings. The van der Waals surface area contributed by atoms with Gasteiger partial charge in [0.15, 0.2) is 17.5 Å². The van der Waals surface area contributed by atoms with Crippen LogP contribution >= 0.6 is 12.4 Å². The van der Waals surface area contributed by atoms with Gasteiger partial charge in [-0.25, -0.2) is 17.6 Å². The van der Waals surface area contributed by atoms with Crippen LogP contribution in [0.25, 0.3) is 0 Å². The predicted molar refractivity (Wildman–Crippen MR) is 46.5 cm³/mol. The van der Waals surface area contributed by atoms with Crippen molar-refractivity contribution in [2.24, 2.45) is 5.73 Å². The van der Waals surface area contributed by atoms with E-state index in [4.69, 9.17) is 5.73 Å². The number of alkyl halides is 1. The molecule has 0 amide bonds. The van der Waals surface area contributed by atoms with Gasteiger partial charge in [-0.1, -0.05) is 6.07 Å². The van der Waals surface area contributed by atoms with Gasteiger partial charge >= 0.3 is 0 Å². The summed E-state index contributed by atoms with van der Waals surface area (Å²) < 4.78 is 49.8. The number of hydrogen-bond acceptors (Lipinski definition) is 1. The molecule has 0 spiro atoms. The van der Waals surface area contributed by atoms with Crippen molar-refractivity contribution in [3.63, 3.8) is 0 Å². The maximum Gasteiger partial charge on any atom is 0.194 e. The maximum atomic E-state index is 12.8. The Morgan fingerprint density at radius 1 is 1.14 bits per heavy atom. The molecule has 0 saturated carbocycles. The Bertz CT molecular complexity index is 318. The van der Waals surface area contributed by atoms with Gasteiger partial charge in [-0.2, -0.15) is 0 Å². The molecule has 2 N–H and O–H groups in total. The third-order valence-corrected chi connectivity index (χ3v) is 1.63. The lowest BCUT2D eigenvalue weighted by atomic mass is 10.1. The van der Waals surface area contributed by atoms with Crippen molar-refractivity contribution in [3.8, 4) is 0 Å². The minimum Gasteiger partial charge on any atom is -0.322 e.